The van der Waals surface area contributed by atoms with Crippen molar-refractivity contribution in [3.8, 4) is 0 Å². The van der Waals surface area contributed by atoms with Crippen molar-refractivity contribution >= 4 is 11.0 Å². The van der Waals surface area contributed by atoms with E-state index in [2.05, 4.69) is 49.6 Å². The summed E-state index contributed by atoms with van der Waals surface area (Å²) in [4.78, 5) is 4.91. The van der Waals surface area contributed by atoms with Gasteiger partial charge in [0.2, 0.25) is 0 Å². The zero-order chi connectivity index (χ0) is 17.2. The number of benzene rings is 1. The van der Waals surface area contributed by atoms with Crippen LogP contribution in [0.1, 0.15) is 84.4 Å². The van der Waals surface area contributed by atoms with Gasteiger partial charge in [0.15, 0.2) is 0 Å². The molecule has 0 aliphatic carbocycles. The van der Waals surface area contributed by atoms with E-state index in [1.807, 2.05) is 0 Å². The van der Waals surface area contributed by atoms with Gasteiger partial charge in [0.05, 0.1) is 11.0 Å². The molecule has 2 rings (SSSR count). The largest absolute Gasteiger partial charge is 0.328 e. The van der Waals surface area contributed by atoms with Crippen molar-refractivity contribution in [2.45, 2.75) is 91.5 Å². The van der Waals surface area contributed by atoms with Crippen molar-refractivity contribution in [3.05, 3.63) is 30.1 Å². The van der Waals surface area contributed by atoms with E-state index in [1.54, 1.807) is 0 Å². The second-order valence-electron chi connectivity index (χ2n) is 7.58. The molecular formula is C22H36N2. The van der Waals surface area contributed by atoms with Gasteiger partial charge in [-0.2, -0.15) is 0 Å². The van der Waals surface area contributed by atoms with E-state index >= 15 is 0 Å². The number of rotatable bonds is 12. The van der Waals surface area contributed by atoms with E-state index < -0.39 is 0 Å². The fraction of sp³-hybridized carbons (Fsp3) is 0.682. The quantitative estimate of drug-likeness (QED) is 0.393. The van der Waals surface area contributed by atoms with Crippen LogP contribution >= 0.6 is 0 Å². The third kappa shape index (κ3) is 5.96. The first-order valence-corrected chi connectivity index (χ1v) is 10.2. The molecule has 0 bridgehead atoms. The molecule has 0 aliphatic rings. The van der Waals surface area contributed by atoms with E-state index in [9.17, 15) is 0 Å². The van der Waals surface area contributed by atoms with Gasteiger partial charge in [-0.15, -0.1) is 0 Å². The lowest BCUT2D eigenvalue weighted by Gasteiger charge is -2.11. The second-order valence-corrected chi connectivity index (χ2v) is 7.58. The van der Waals surface area contributed by atoms with Crippen LogP contribution in [0.15, 0.2) is 24.3 Å². The summed E-state index contributed by atoms with van der Waals surface area (Å²) < 4.78 is 2.47. The summed E-state index contributed by atoms with van der Waals surface area (Å²) in [6, 6.07) is 8.61. The average Bonchev–Trinajstić information content (AvgIpc) is 2.93. The van der Waals surface area contributed by atoms with Crippen LogP contribution in [0.25, 0.3) is 11.0 Å². The number of hydrogen-bond donors (Lipinski definition) is 0. The Morgan fingerprint density at radius 1 is 0.917 bits per heavy atom. The molecule has 0 unspecified atom stereocenters. The number of para-hydroxylation sites is 2. The van der Waals surface area contributed by atoms with Crippen LogP contribution in [0.5, 0.6) is 0 Å². The molecule has 0 spiro atoms. The molecular weight excluding hydrogens is 292 g/mol. The van der Waals surface area contributed by atoms with Gasteiger partial charge in [0.1, 0.15) is 5.82 Å². The van der Waals surface area contributed by atoms with Gasteiger partial charge in [0.25, 0.3) is 0 Å². The highest BCUT2D eigenvalue weighted by atomic mass is 15.1. The van der Waals surface area contributed by atoms with E-state index in [0.717, 1.165) is 24.4 Å². The summed E-state index contributed by atoms with van der Waals surface area (Å²) in [7, 11) is 0. The Balaban J connectivity index is 1.85. The Bertz CT molecular complexity index is 583. The summed E-state index contributed by atoms with van der Waals surface area (Å²) in [6.45, 7) is 7.99. The first-order chi connectivity index (χ1) is 11.7. The van der Waals surface area contributed by atoms with Gasteiger partial charge in [-0.05, 0) is 30.9 Å². The predicted molar refractivity (Wildman–Crippen MR) is 106 cm³/mol. The number of aryl methyl sites for hydroxylation is 2. The summed E-state index contributed by atoms with van der Waals surface area (Å²) in [5.41, 5.74) is 2.48. The molecule has 1 aromatic heterocycles. The van der Waals surface area contributed by atoms with Gasteiger partial charge in [0, 0.05) is 13.0 Å². The summed E-state index contributed by atoms with van der Waals surface area (Å²) in [5.74, 6) is 2.03. The Hall–Kier alpha value is -1.31. The highest BCUT2D eigenvalue weighted by Gasteiger charge is 2.10. The van der Waals surface area contributed by atoms with Crippen LogP contribution in [0.4, 0.5) is 0 Å². The number of fused-ring (bicyclic) bond motifs is 1. The summed E-state index contributed by atoms with van der Waals surface area (Å²) >= 11 is 0. The van der Waals surface area contributed by atoms with Crippen molar-refractivity contribution in [2.75, 3.05) is 0 Å². The lowest BCUT2D eigenvalue weighted by atomic mass is 10.1. The molecule has 134 valence electrons. The molecule has 0 atom stereocenters. The van der Waals surface area contributed by atoms with E-state index in [-0.39, 0.29) is 0 Å². The molecule has 1 aromatic carbocycles. The fourth-order valence-electron chi connectivity index (χ4n) is 3.37. The number of imidazole rings is 1. The molecule has 0 amide bonds. The Morgan fingerprint density at radius 2 is 1.58 bits per heavy atom. The van der Waals surface area contributed by atoms with Gasteiger partial charge < -0.3 is 4.57 Å². The predicted octanol–water partition coefficient (Wildman–Crippen LogP) is 6.77. The molecule has 0 fully saturated rings. The minimum atomic E-state index is 0.738. The minimum absolute atomic E-state index is 0.738. The van der Waals surface area contributed by atoms with Crippen LogP contribution in [0.2, 0.25) is 0 Å². The monoisotopic (exact) mass is 328 g/mol. The maximum absolute atomic E-state index is 4.91. The number of hydrogen-bond acceptors (Lipinski definition) is 1. The Morgan fingerprint density at radius 3 is 2.29 bits per heavy atom. The lowest BCUT2D eigenvalue weighted by molar-refractivity contribution is 0.506. The zero-order valence-corrected chi connectivity index (χ0v) is 16.1. The molecule has 2 heteroatoms. The van der Waals surface area contributed by atoms with Crippen LogP contribution < -0.4 is 0 Å². The van der Waals surface area contributed by atoms with Crippen molar-refractivity contribution in [2.24, 2.45) is 5.92 Å². The topological polar surface area (TPSA) is 17.8 Å². The molecule has 0 N–H and O–H groups in total. The zero-order valence-electron chi connectivity index (χ0n) is 16.1. The van der Waals surface area contributed by atoms with Crippen LogP contribution in [0.3, 0.4) is 0 Å². The SMILES string of the molecule is CCCCCCCCCCc1nc2ccccc2n1CCC(C)C. The van der Waals surface area contributed by atoms with E-state index in [0.29, 0.717) is 0 Å². The maximum Gasteiger partial charge on any atom is 0.109 e. The lowest BCUT2D eigenvalue weighted by Crippen LogP contribution is -2.06. The summed E-state index contributed by atoms with van der Waals surface area (Å²) in [5, 5.41) is 0. The van der Waals surface area contributed by atoms with E-state index in [4.69, 9.17) is 4.98 Å². The first kappa shape index (κ1) is 19.0. The number of unbranched alkanes of at least 4 members (excludes halogenated alkanes) is 7. The minimum Gasteiger partial charge on any atom is -0.328 e. The van der Waals surface area contributed by atoms with Crippen LogP contribution in [-0.4, -0.2) is 9.55 Å². The molecule has 2 aromatic rings. The highest BCUT2D eigenvalue weighted by molar-refractivity contribution is 5.75. The molecule has 2 nitrogen and oxygen atoms in total. The van der Waals surface area contributed by atoms with Crippen molar-refractivity contribution < 1.29 is 0 Å². The van der Waals surface area contributed by atoms with Gasteiger partial charge in [-0.1, -0.05) is 77.8 Å². The Kier molecular flexibility index (Phi) is 8.35. The molecule has 24 heavy (non-hydrogen) atoms. The second kappa shape index (κ2) is 10.5. The molecule has 0 saturated heterocycles. The van der Waals surface area contributed by atoms with Gasteiger partial charge in [-0.25, -0.2) is 4.98 Å². The third-order valence-corrected chi connectivity index (χ3v) is 4.92. The normalized spacial score (nSPS) is 11.7. The van der Waals surface area contributed by atoms with Gasteiger partial charge in [-0.3, -0.25) is 0 Å². The molecule has 0 aliphatic heterocycles. The smallest absolute Gasteiger partial charge is 0.109 e. The third-order valence-electron chi connectivity index (χ3n) is 4.92. The van der Waals surface area contributed by atoms with Crippen molar-refractivity contribution in [1.82, 2.24) is 9.55 Å². The van der Waals surface area contributed by atoms with Crippen molar-refractivity contribution in [3.63, 3.8) is 0 Å². The van der Waals surface area contributed by atoms with E-state index in [1.165, 1.54) is 69.1 Å². The maximum atomic E-state index is 4.91. The Labute approximate surface area is 148 Å². The number of aromatic nitrogens is 2. The summed E-state index contributed by atoms with van der Waals surface area (Å²) in [6.07, 6.45) is 13.3. The molecule has 0 radical (unpaired) electrons. The first-order valence-electron chi connectivity index (χ1n) is 10.2. The molecule has 0 saturated carbocycles. The average molecular weight is 329 g/mol. The van der Waals surface area contributed by atoms with Crippen LogP contribution in [-0.2, 0) is 13.0 Å². The standard InChI is InChI=1S/C22H36N2/c1-4-5-6-7-8-9-10-11-16-22-23-20-14-12-13-15-21(20)24(22)18-17-19(2)3/h12-15,19H,4-11,16-18H2,1-3H3. The number of nitrogens with zero attached hydrogens (tertiary/aromatic N) is 2. The van der Waals surface area contributed by atoms with Gasteiger partial charge >= 0.3 is 0 Å². The fourth-order valence-corrected chi connectivity index (χ4v) is 3.37. The molecule has 1 heterocycles. The van der Waals surface area contributed by atoms with Crippen molar-refractivity contribution in [1.29, 1.82) is 0 Å². The highest BCUT2D eigenvalue weighted by Crippen LogP contribution is 2.20. The van der Waals surface area contributed by atoms with Crippen LogP contribution in [0, 0.1) is 5.92 Å².